The monoisotopic (exact) mass is 196 g/mol. The molecule has 0 aliphatic carbocycles. The van der Waals surface area contributed by atoms with Crippen LogP contribution in [-0.4, -0.2) is 40.6 Å². The molecule has 1 saturated heterocycles. The van der Waals surface area contributed by atoms with Crippen molar-refractivity contribution >= 4 is 5.91 Å². The summed E-state index contributed by atoms with van der Waals surface area (Å²) in [6, 6.07) is -0.0986. The lowest BCUT2D eigenvalue weighted by Gasteiger charge is -2.10. The molecule has 1 unspecified atom stereocenters. The number of carbonyl (C=O) groups is 1. The van der Waals surface area contributed by atoms with Gasteiger partial charge in [0.1, 0.15) is 0 Å². The van der Waals surface area contributed by atoms with Crippen LogP contribution in [0.4, 0.5) is 0 Å². The maximum atomic E-state index is 11.5. The molecule has 0 bridgehead atoms. The van der Waals surface area contributed by atoms with Gasteiger partial charge >= 0.3 is 0 Å². The molecule has 0 saturated carbocycles. The summed E-state index contributed by atoms with van der Waals surface area (Å²) < 4.78 is 4.58. The topological polar surface area (TPSA) is 71.3 Å². The minimum absolute atomic E-state index is 0.0986. The summed E-state index contributed by atoms with van der Waals surface area (Å²) in [5.74, 6) is 0.709. The lowest BCUT2D eigenvalue weighted by molar-refractivity contribution is -0.128. The minimum Gasteiger partial charge on any atom is -0.344 e. The van der Waals surface area contributed by atoms with E-state index in [0.717, 1.165) is 13.0 Å². The Hall–Kier alpha value is -1.43. The Labute approximate surface area is 81.3 Å². The van der Waals surface area contributed by atoms with Crippen LogP contribution in [-0.2, 0) is 11.3 Å². The van der Waals surface area contributed by atoms with Crippen molar-refractivity contribution in [3.8, 4) is 0 Å². The second-order valence-corrected chi connectivity index (χ2v) is 3.33. The fourth-order valence-corrected chi connectivity index (χ4v) is 1.50. The van der Waals surface area contributed by atoms with Gasteiger partial charge in [-0.25, -0.2) is 0 Å². The number of amides is 1. The van der Waals surface area contributed by atoms with E-state index >= 15 is 0 Å². The van der Waals surface area contributed by atoms with Gasteiger partial charge in [-0.15, -0.1) is 0 Å². The van der Waals surface area contributed by atoms with Crippen molar-refractivity contribution in [2.24, 2.45) is 0 Å². The lowest BCUT2D eigenvalue weighted by Crippen LogP contribution is -2.36. The van der Waals surface area contributed by atoms with Crippen LogP contribution in [0.25, 0.3) is 0 Å². The molecule has 6 nitrogen and oxygen atoms in total. The zero-order valence-corrected chi connectivity index (χ0v) is 7.93. The summed E-state index contributed by atoms with van der Waals surface area (Å²) in [6.07, 6.45) is 2.12. The molecule has 0 spiro atoms. The van der Waals surface area contributed by atoms with E-state index in [1.165, 1.54) is 6.39 Å². The average molecular weight is 196 g/mol. The molecular formula is C8H12N4O2. The number of likely N-dealkylation sites (tertiary alicyclic amines) is 1. The van der Waals surface area contributed by atoms with Crippen LogP contribution in [0.5, 0.6) is 0 Å². The first-order valence-electron chi connectivity index (χ1n) is 4.51. The summed E-state index contributed by atoms with van der Waals surface area (Å²) in [7, 11) is 1.80. The second kappa shape index (κ2) is 3.75. The molecule has 1 fully saturated rings. The molecule has 1 aliphatic rings. The molecule has 1 aromatic heterocycles. The van der Waals surface area contributed by atoms with Gasteiger partial charge in [-0.1, -0.05) is 5.16 Å². The quantitative estimate of drug-likeness (QED) is 0.698. The summed E-state index contributed by atoms with van der Waals surface area (Å²) >= 11 is 0. The molecule has 1 amide bonds. The van der Waals surface area contributed by atoms with Crippen LogP contribution >= 0.6 is 0 Å². The molecule has 76 valence electrons. The summed E-state index contributed by atoms with van der Waals surface area (Å²) in [6.45, 7) is 1.28. The number of likely N-dealkylation sites (N-methyl/N-ethyl adjacent to an activating group) is 1. The van der Waals surface area contributed by atoms with Crippen LogP contribution in [0, 0.1) is 0 Å². The predicted octanol–water partition coefficient (Wildman–Crippen LogP) is -0.610. The normalized spacial score (nSPS) is 21.9. The Morgan fingerprint density at radius 1 is 1.79 bits per heavy atom. The maximum absolute atomic E-state index is 11.5. The highest BCUT2D eigenvalue weighted by atomic mass is 16.5. The van der Waals surface area contributed by atoms with E-state index in [4.69, 9.17) is 0 Å². The Bertz CT molecular complexity index is 311. The van der Waals surface area contributed by atoms with E-state index in [2.05, 4.69) is 20.0 Å². The molecular weight excluding hydrogens is 184 g/mol. The Kier molecular flexibility index (Phi) is 2.45. The number of rotatable bonds is 3. The SMILES string of the molecule is CN1CCC(NCc2ncon2)C1=O. The van der Waals surface area contributed by atoms with Gasteiger partial charge in [0.25, 0.3) is 0 Å². The van der Waals surface area contributed by atoms with Crippen LogP contribution < -0.4 is 5.32 Å². The van der Waals surface area contributed by atoms with Gasteiger partial charge in [0.15, 0.2) is 5.82 Å². The van der Waals surface area contributed by atoms with E-state index < -0.39 is 0 Å². The fraction of sp³-hybridized carbons (Fsp3) is 0.625. The smallest absolute Gasteiger partial charge is 0.239 e. The molecule has 0 aromatic carbocycles. The maximum Gasteiger partial charge on any atom is 0.239 e. The molecule has 1 aliphatic heterocycles. The minimum atomic E-state index is -0.0986. The highest BCUT2D eigenvalue weighted by Gasteiger charge is 2.28. The number of carbonyl (C=O) groups excluding carboxylic acids is 1. The van der Waals surface area contributed by atoms with Crippen molar-refractivity contribution in [1.29, 1.82) is 0 Å². The highest BCUT2D eigenvalue weighted by molar-refractivity contribution is 5.83. The number of aromatic nitrogens is 2. The number of nitrogens with one attached hydrogen (secondary N) is 1. The molecule has 14 heavy (non-hydrogen) atoms. The summed E-state index contributed by atoms with van der Waals surface area (Å²) in [4.78, 5) is 17.0. The fourth-order valence-electron chi connectivity index (χ4n) is 1.50. The summed E-state index contributed by atoms with van der Waals surface area (Å²) in [5.41, 5.74) is 0. The number of hydrogen-bond acceptors (Lipinski definition) is 5. The van der Waals surface area contributed by atoms with Gasteiger partial charge in [0.05, 0.1) is 12.6 Å². The van der Waals surface area contributed by atoms with E-state index in [9.17, 15) is 4.79 Å². The van der Waals surface area contributed by atoms with E-state index in [1.807, 2.05) is 0 Å². The standard InChI is InChI=1S/C8H12N4O2/c1-12-3-2-6(8(12)13)9-4-7-10-5-14-11-7/h5-6,9H,2-4H2,1H3. The third-order valence-electron chi connectivity index (χ3n) is 2.34. The Balaban J connectivity index is 1.84. The molecule has 0 radical (unpaired) electrons. The van der Waals surface area contributed by atoms with Crippen molar-refractivity contribution in [1.82, 2.24) is 20.4 Å². The molecule has 1 N–H and O–H groups in total. The van der Waals surface area contributed by atoms with Crippen molar-refractivity contribution in [2.75, 3.05) is 13.6 Å². The lowest BCUT2D eigenvalue weighted by atomic mass is 10.2. The van der Waals surface area contributed by atoms with E-state index in [1.54, 1.807) is 11.9 Å². The van der Waals surface area contributed by atoms with Gasteiger partial charge in [-0.05, 0) is 6.42 Å². The number of nitrogens with zero attached hydrogens (tertiary/aromatic N) is 3. The molecule has 6 heteroatoms. The van der Waals surface area contributed by atoms with Crippen LogP contribution in [0.1, 0.15) is 12.2 Å². The van der Waals surface area contributed by atoms with Gasteiger partial charge in [-0.2, -0.15) is 4.98 Å². The van der Waals surface area contributed by atoms with Gasteiger partial charge in [-0.3, -0.25) is 10.1 Å². The zero-order valence-electron chi connectivity index (χ0n) is 7.93. The zero-order chi connectivity index (χ0) is 9.97. The molecule has 2 rings (SSSR count). The number of hydrogen-bond donors (Lipinski definition) is 1. The first-order chi connectivity index (χ1) is 6.77. The van der Waals surface area contributed by atoms with Crippen molar-refractivity contribution in [3.05, 3.63) is 12.2 Å². The Morgan fingerprint density at radius 2 is 2.64 bits per heavy atom. The first-order valence-corrected chi connectivity index (χ1v) is 4.51. The van der Waals surface area contributed by atoms with Crippen molar-refractivity contribution in [3.63, 3.8) is 0 Å². The van der Waals surface area contributed by atoms with E-state index in [0.29, 0.717) is 12.4 Å². The molecule has 1 atom stereocenters. The molecule has 2 heterocycles. The average Bonchev–Trinajstić information content (AvgIpc) is 2.77. The van der Waals surface area contributed by atoms with Crippen LogP contribution in [0.15, 0.2) is 10.9 Å². The van der Waals surface area contributed by atoms with Gasteiger partial charge < -0.3 is 9.42 Å². The van der Waals surface area contributed by atoms with Gasteiger partial charge in [0.2, 0.25) is 12.3 Å². The van der Waals surface area contributed by atoms with E-state index in [-0.39, 0.29) is 11.9 Å². The van der Waals surface area contributed by atoms with Crippen molar-refractivity contribution < 1.29 is 9.32 Å². The van der Waals surface area contributed by atoms with Crippen LogP contribution in [0.2, 0.25) is 0 Å². The first kappa shape index (κ1) is 9.14. The van der Waals surface area contributed by atoms with Gasteiger partial charge in [0, 0.05) is 13.6 Å². The largest absolute Gasteiger partial charge is 0.344 e. The molecule has 1 aromatic rings. The Morgan fingerprint density at radius 3 is 3.21 bits per heavy atom. The third-order valence-corrected chi connectivity index (χ3v) is 2.34. The third kappa shape index (κ3) is 1.74. The predicted molar refractivity (Wildman–Crippen MR) is 47.2 cm³/mol. The van der Waals surface area contributed by atoms with Crippen molar-refractivity contribution in [2.45, 2.75) is 19.0 Å². The summed E-state index contributed by atoms with van der Waals surface area (Å²) in [5, 5.41) is 6.74. The van der Waals surface area contributed by atoms with Crippen LogP contribution in [0.3, 0.4) is 0 Å². The highest BCUT2D eigenvalue weighted by Crippen LogP contribution is 2.08. The second-order valence-electron chi connectivity index (χ2n) is 3.33.